The fourth-order valence-electron chi connectivity index (χ4n) is 2.64. The highest BCUT2D eigenvalue weighted by Crippen LogP contribution is 2.17. The van der Waals surface area contributed by atoms with Crippen LogP contribution in [0.25, 0.3) is 0 Å². The minimum Gasteiger partial charge on any atom is -0.369 e. The van der Waals surface area contributed by atoms with Gasteiger partial charge in [0.05, 0.1) is 0 Å². The fourth-order valence-corrected chi connectivity index (χ4v) is 2.85. The average molecular weight is 341 g/mol. The van der Waals surface area contributed by atoms with E-state index in [-0.39, 0.29) is 0 Å². The monoisotopic (exact) mass is 340 g/mol. The van der Waals surface area contributed by atoms with Gasteiger partial charge in [0.2, 0.25) is 0 Å². The summed E-state index contributed by atoms with van der Waals surface area (Å²) in [6.07, 6.45) is 4.42. The molecule has 0 aromatic carbocycles. The SMILES string of the molecule is Cc1cc(NCCN2CCC(N(C)C)CC2)ncc1Br. The van der Waals surface area contributed by atoms with Crippen molar-refractivity contribution in [1.82, 2.24) is 14.8 Å². The molecule has 1 fully saturated rings. The maximum absolute atomic E-state index is 4.37. The first-order valence-corrected chi connectivity index (χ1v) is 8.10. The molecular formula is C15H25BrN4. The van der Waals surface area contributed by atoms with Gasteiger partial charge in [0.15, 0.2) is 0 Å². The number of piperidine rings is 1. The smallest absolute Gasteiger partial charge is 0.126 e. The summed E-state index contributed by atoms with van der Waals surface area (Å²) in [5.74, 6) is 0.967. The maximum atomic E-state index is 4.37. The van der Waals surface area contributed by atoms with Crippen molar-refractivity contribution in [1.29, 1.82) is 0 Å². The number of rotatable bonds is 5. The molecule has 1 saturated heterocycles. The number of likely N-dealkylation sites (tertiary alicyclic amines) is 1. The van der Waals surface area contributed by atoms with Gasteiger partial charge in [-0.1, -0.05) is 0 Å². The molecule has 2 rings (SSSR count). The Bertz CT molecular complexity index is 428. The van der Waals surface area contributed by atoms with Gasteiger partial charge in [0, 0.05) is 29.8 Å². The van der Waals surface area contributed by atoms with Crippen molar-refractivity contribution in [2.24, 2.45) is 0 Å². The molecule has 2 heterocycles. The van der Waals surface area contributed by atoms with Crippen molar-refractivity contribution < 1.29 is 0 Å². The molecule has 0 spiro atoms. The van der Waals surface area contributed by atoms with Crippen LogP contribution in [-0.4, -0.2) is 61.1 Å². The maximum Gasteiger partial charge on any atom is 0.126 e. The number of nitrogens with zero attached hydrogens (tertiary/aromatic N) is 3. The lowest BCUT2D eigenvalue weighted by Gasteiger charge is -2.35. The second-order valence-corrected chi connectivity index (χ2v) is 6.64. The zero-order chi connectivity index (χ0) is 14.5. The number of nitrogens with one attached hydrogen (secondary N) is 1. The van der Waals surface area contributed by atoms with Gasteiger partial charge in [-0.05, 0) is 74.5 Å². The number of pyridine rings is 1. The summed E-state index contributed by atoms with van der Waals surface area (Å²) in [5.41, 5.74) is 1.22. The molecule has 4 nitrogen and oxygen atoms in total. The highest BCUT2D eigenvalue weighted by Gasteiger charge is 2.19. The topological polar surface area (TPSA) is 31.4 Å². The average Bonchev–Trinajstić information content (AvgIpc) is 2.43. The van der Waals surface area contributed by atoms with Gasteiger partial charge < -0.3 is 15.1 Å². The zero-order valence-corrected chi connectivity index (χ0v) is 14.3. The van der Waals surface area contributed by atoms with Gasteiger partial charge in [-0.2, -0.15) is 0 Å². The summed E-state index contributed by atoms with van der Waals surface area (Å²) in [7, 11) is 4.37. The van der Waals surface area contributed by atoms with E-state index >= 15 is 0 Å². The molecule has 0 radical (unpaired) electrons. The standard InChI is InChI=1S/C15H25BrN4/c1-12-10-15(18-11-14(12)16)17-6-9-20-7-4-13(5-8-20)19(2)3/h10-11,13H,4-9H2,1-3H3,(H,17,18). The second kappa shape index (κ2) is 7.38. The first kappa shape index (κ1) is 15.7. The highest BCUT2D eigenvalue weighted by atomic mass is 79.9. The van der Waals surface area contributed by atoms with Crippen LogP contribution in [0, 0.1) is 6.92 Å². The number of halogens is 1. The number of anilines is 1. The van der Waals surface area contributed by atoms with E-state index in [2.05, 4.69) is 63.1 Å². The molecule has 1 N–H and O–H groups in total. The molecule has 5 heteroatoms. The Labute approximate surface area is 130 Å². The number of aryl methyl sites for hydroxylation is 1. The van der Waals surface area contributed by atoms with Crippen LogP contribution < -0.4 is 5.32 Å². The van der Waals surface area contributed by atoms with Gasteiger partial charge in [-0.25, -0.2) is 4.98 Å². The van der Waals surface area contributed by atoms with Crippen LogP contribution >= 0.6 is 15.9 Å². The highest BCUT2D eigenvalue weighted by molar-refractivity contribution is 9.10. The normalized spacial score (nSPS) is 17.6. The van der Waals surface area contributed by atoms with Gasteiger partial charge in [0.1, 0.15) is 5.82 Å². The lowest BCUT2D eigenvalue weighted by Crippen LogP contribution is -2.43. The Morgan fingerprint density at radius 3 is 2.70 bits per heavy atom. The van der Waals surface area contributed by atoms with E-state index in [0.717, 1.165) is 29.4 Å². The lowest BCUT2D eigenvalue weighted by molar-refractivity contribution is 0.148. The van der Waals surface area contributed by atoms with E-state index in [1.165, 1.54) is 31.5 Å². The summed E-state index contributed by atoms with van der Waals surface area (Å²) in [5, 5.41) is 3.41. The van der Waals surface area contributed by atoms with Crippen molar-refractivity contribution >= 4 is 21.7 Å². The van der Waals surface area contributed by atoms with E-state index in [9.17, 15) is 0 Å². The molecule has 20 heavy (non-hydrogen) atoms. The summed E-state index contributed by atoms with van der Waals surface area (Å²) < 4.78 is 1.06. The van der Waals surface area contributed by atoms with Crippen LogP contribution in [-0.2, 0) is 0 Å². The van der Waals surface area contributed by atoms with Gasteiger partial charge in [0.25, 0.3) is 0 Å². The lowest BCUT2D eigenvalue weighted by atomic mass is 10.0. The Morgan fingerprint density at radius 2 is 2.10 bits per heavy atom. The zero-order valence-electron chi connectivity index (χ0n) is 12.7. The van der Waals surface area contributed by atoms with E-state index in [1.807, 2.05) is 6.20 Å². The van der Waals surface area contributed by atoms with Crippen LogP contribution in [0.4, 0.5) is 5.82 Å². The summed E-state index contributed by atoms with van der Waals surface area (Å²) in [6.45, 7) is 6.55. The molecule has 0 saturated carbocycles. The van der Waals surface area contributed by atoms with Crippen LogP contribution in [0.1, 0.15) is 18.4 Å². The van der Waals surface area contributed by atoms with Gasteiger partial charge >= 0.3 is 0 Å². The molecule has 1 aliphatic heterocycles. The van der Waals surface area contributed by atoms with Crippen molar-refractivity contribution in [3.05, 3.63) is 22.3 Å². The van der Waals surface area contributed by atoms with Crippen LogP contribution in [0.5, 0.6) is 0 Å². The number of aromatic nitrogens is 1. The van der Waals surface area contributed by atoms with Gasteiger partial charge in [-0.3, -0.25) is 0 Å². The molecule has 1 aromatic heterocycles. The van der Waals surface area contributed by atoms with Crippen LogP contribution in [0.2, 0.25) is 0 Å². The largest absolute Gasteiger partial charge is 0.369 e. The summed E-state index contributed by atoms with van der Waals surface area (Å²) >= 11 is 3.47. The predicted molar refractivity (Wildman–Crippen MR) is 88.3 cm³/mol. The fraction of sp³-hybridized carbons (Fsp3) is 0.667. The van der Waals surface area contributed by atoms with Crippen molar-refractivity contribution in [2.75, 3.05) is 45.6 Å². The molecule has 0 atom stereocenters. The Morgan fingerprint density at radius 1 is 1.40 bits per heavy atom. The van der Waals surface area contributed by atoms with E-state index < -0.39 is 0 Å². The first-order chi connectivity index (χ1) is 9.56. The first-order valence-electron chi connectivity index (χ1n) is 7.31. The third-order valence-electron chi connectivity index (χ3n) is 4.07. The van der Waals surface area contributed by atoms with Crippen molar-refractivity contribution in [2.45, 2.75) is 25.8 Å². The molecule has 1 aliphatic rings. The van der Waals surface area contributed by atoms with Crippen LogP contribution in [0.3, 0.4) is 0 Å². The van der Waals surface area contributed by atoms with Crippen LogP contribution in [0.15, 0.2) is 16.7 Å². The number of hydrogen-bond acceptors (Lipinski definition) is 4. The third kappa shape index (κ3) is 4.43. The van der Waals surface area contributed by atoms with E-state index in [4.69, 9.17) is 0 Å². The molecule has 0 aliphatic carbocycles. The molecule has 0 amide bonds. The third-order valence-corrected chi connectivity index (χ3v) is 4.90. The Hall–Kier alpha value is -0.650. The minimum atomic E-state index is 0.759. The summed E-state index contributed by atoms with van der Waals surface area (Å²) in [4.78, 5) is 9.27. The van der Waals surface area contributed by atoms with E-state index in [1.54, 1.807) is 0 Å². The quantitative estimate of drug-likeness (QED) is 0.892. The van der Waals surface area contributed by atoms with Crippen molar-refractivity contribution in [3.8, 4) is 0 Å². The van der Waals surface area contributed by atoms with Gasteiger partial charge in [-0.15, -0.1) is 0 Å². The molecule has 0 unspecified atom stereocenters. The molecular weight excluding hydrogens is 316 g/mol. The van der Waals surface area contributed by atoms with Crippen molar-refractivity contribution in [3.63, 3.8) is 0 Å². The minimum absolute atomic E-state index is 0.759. The molecule has 112 valence electrons. The van der Waals surface area contributed by atoms with E-state index in [0.29, 0.717) is 0 Å². The Kier molecular flexibility index (Phi) is 5.81. The molecule has 0 bridgehead atoms. The second-order valence-electron chi connectivity index (χ2n) is 5.78. The summed E-state index contributed by atoms with van der Waals surface area (Å²) in [6, 6.07) is 2.84. The molecule has 1 aromatic rings. The Balaban J connectivity index is 1.70. The predicted octanol–water partition coefficient (Wildman–Crippen LogP) is 2.59. The number of hydrogen-bond donors (Lipinski definition) is 1.